The second-order valence-electron chi connectivity index (χ2n) is 9.47. The number of benzene rings is 1. The molecule has 0 amide bonds. The molecule has 0 fully saturated rings. The van der Waals surface area contributed by atoms with E-state index in [0.29, 0.717) is 37.9 Å². The maximum Gasteiger partial charge on any atom is 0.335 e. The Morgan fingerprint density at radius 2 is 0.914 bits per heavy atom. The van der Waals surface area contributed by atoms with Gasteiger partial charge in [-0.3, -0.25) is 0 Å². The predicted octanol–water partition coefficient (Wildman–Crippen LogP) is 7.15. The maximum absolute atomic E-state index is 11.4. The fourth-order valence-electron chi connectivity index (χ4n) is 4.14. The number of hydrogen-bond donors (Lipinski definition) is 3. The number of aliphatic hydroxyl groups is 2. The van der Waals surface area contributed by atoms with Crippen molar-refractivity contribution >= 4 is 5.97 Å². The topological polar surface area (TPSA) is 96.2 Å². The molecule has 1 aromatic rings. The third-order valence-corrected chi connectivity index (χ3v) is 6.31. The van der Waals surface area contributed by atoms with Gasteiger partial charge in [-0.15, -0.1) is 0 Å². The van der Waals surface area contributed by atoms with Crippen molar-refractivity contribution in [3.05, 3.63) is 23.8 Å². The van der Waals surface area contributed by atoms with Crippen LogP contribution >= 0.6 is 0 Å². The highest BCUT2D eigenvalue weighted by Gasteiger charge is 2.11. The van der Waals surface area contributed by atoms with Crippen LogP contribution in [0.15, 0.2) is 18.2 Å². The summed E-state index contributed by atoms with van der Waals surface area (Å²) in [4.78, 5) is 11.4. The summed E-state index contributed by atoms with van der Waals surface area (Å²) in [6, 6.07) is 4.85. The first-order valence-electron chi connectivity index (χ1n) is 14.0. The van der Waals surface area contributed by atoms with Gasteiger partial charge in [0.05, 0.1) is 18.8 Å². The SMILES string of the molecule is O=C(O)c1ccc(OCCCCCCCCCCCO)c(OCCCCCCCCCCCO)c1. The molecule has 202 valence electrons. The van der Waals surface area contributed by atoms with E-state index in [1.165, 1.54) is 64.2 Å². The molecular weight excluding hydrogens is 444 g/mol. The van der Waals surface area contributed by atoms with Gasteiger partial charge in [0.15, 0.2) is 11.5 Å². The molecule has 6 heteroatoms. The molecule has 0 bridgehead atoms. The Balaban J connectivity index is 2.21. The number of ether oxygens (including phenoxy) is 2. The van der Waals surface area contributed by atoms with Crippen LogP contribution in [0, 0.1) is 0 Å². The number of hydrogen-bond acceptors (Lipinski definition) is 5. The summed E-state index contributed by atoms with van der Waals surface area (Å²) in [5.74, 6) is 0.190. The summed E-state index contributed by atoms with van der Waals surface area (Å²) in [6.45, 7) is 1.78. The van der Waals surface area contributed by atoms with Crippen molar-refractivity contribution in [3.8, 4) is 11.5 Å². The predicted molar refractivity (Wildman–Crippen MR) is 142 cm³/mol. The normalized spacial score (nSPS) is 11.0. The third-order valence-electron chi connectivity index (χ3n) is 6.31. The van der Waals surface area contributed by atoms with Crippen LogP contribution < -0.4 is 9.47 Å². The van der Waals surface area contributed by atoms with Gasteiger partial charge in [0.25, 0.3) is 0 Å². The zero-order chi connectivity index (χ0) is 25.4. The maximum atomic E-state index is 11.4. The highest BCUT2D eigenvalue weighted by Crippen LogP contribution is 2.29. The number of carboxylic acids is 1. The van der Waals surface area contributed by atoms with E-state index in [0.717, 1.165) is 51.4 Å². The minimum Gasteiger partial charge on any atom is -0.490 e. The Labute approximate surface area is 213 Å². The average Bonchev–Trinajstić information content (AvgIpc) is 2.86. The molecule has 1 aromatic carbocycles. The quantitative estimate of drug-likeness (QED) is 0.125. The largest absolute Gasteiger partial charge is 0.490 e. The van der Waals surface area contributed by atoms with E-state index in [-0.39, 0.29) is 5.56 Å². The van der Waals surface area contributed by atoms with Crippen LogP contribution in [0.1, 0.15) is 126 Å². The Morgan fingerprint density at radius 1 is 0.543 bits per heavy atom. The third kappa shape index (κ3) is 17.3. The highest BCUT2D eigenvalue weighted by molar-refractivity contribution is 5.88. The van der Waals surface area contributed by atoms with Crippen LogP contribution in [0.4, 0.5) is 0 Å². The minimum absolute atomic E-state index is 0.215. The first-order valence-corrected chi connectivity index (χ1v) is 14.0. The standard InChI is InChI=1S/C29H50O6/c30-21-15-11-7-3-1-5-9-13-17-23-34-27-20-19-26(29(32)33)25-28(27)35-24-18-14-10-6-2-4-8-12-16-22-31/h19-20,25,30-31H,1-18,21-24H2,(H,32,33). The van der Waals surface area contributed by atoms with Crippen molar-refractivity contribution in [3.63, 3.8) is 0 Å². The van der Waals surface area contributed by atoms with Crippen molar-refractivity contribution in [2.24, 2.45) is 0 Å². The summed E-state index contributed by atoms with van der Waals surface area (Å²) in [5, 5.41) is 26.9. The van der Waals surface area contributed by atoms with Gasteiger partial charge in [-0.1, -0.05) is 89.9 Å². The summed E-state index contributed by atoms with van der Waals surface area (Å²) in [5.41, 5.74) is 0.215. The smallest absolute Gasteiger partial charge is 0.335 e. The van der Waals surface area contributed by atoms with Crippen LogP contribution in [0.3, 0.4) is 0 Å². The minimum atomic E-state index is -0.961. The van der Waals surface area contributed by atoms with Crippen LogP contribution in [0.5, 0.6) is 11.5 Å². The molecule has 6 nitrogen and oxygen atoms in total. The molecular formula is C29H50O6. The van der Waals surface area contributed by atoms with Crippen LogP contribution in [0.2, 0.25) is 0 Å². The monoisotopic (exact) mass is 494 g/mol. The molecule has 1 rings (SSSR count). The first-order chi connectivity index (χ1) is 17.2. The summed E-state index contributed by atoms with van der Waals surface area (Å²) in [6.07, 6.45) is 20.5. The first kappa shape index (κ1) is 31.2. The zero-order valence-electron chi connectivity index (χ0n) is 21.9. The summed E-state index contributed by atoms with van der Waals surface area (Å²) < 4.78 is 11.9. The Morgan fingerprint density at radius 3 is 1.31 bits per heavy atom. The lowest BCUT2D eigenvalue weighted by Gasteiger charge is -2.14. The van der Waals surface area contributed by atoms with Crippen molar-refractivity contribution in [1.29, 1.82) is 0 Å². The molecule has 0 aromatic heterocycles. The average molecular weight is 495 g/mol. The molecule has 0 aliphatic heterocycles. The molecule has 3 N–H and O–H groups in total. The van der Waals surface area contributed by atoms with Crippen LogP contribution in [0.25, 0.3) is 0 Å². The van der Waals surface area contributed by atoms with Gasteiger partial charge in [-0.2, -0.15) is 0 Å². The number of aromatic carboxylic acids is 1. The molecule has 0 atom stereocenters. The molecule has 0 saturated heterocycles. The van der Waals surface area contributed by atoms with E-state index in [9.17, 15) is 9.90 Å². The van der Waals surface area contributed by atoms with Crippen LogP contribution in [-0.2, 0) is 0 Å². The summed E-state index contributed by atoms with van der Waals surface area (Å²) in [7, 11) is 0. The molecule has 0 heterocycles. The number of unbranched alkanes of at least 4 members (excludes halogenated alkanes) is 16. The van der Waals surface area contributed by atoms with Gasteiger partial charge in [0.2, 0.25) is 0 Å². The fraction of sp³-hybridized carbons (Fsp3) is 0.759. The van der Waals surface area contributed by atoms with Crippen molar-refractivity contribution < 1.29 is 29.6 Å². The number of carboxylic acid groups (broad SMARTS) is 1. The molecule has 0 spiro atoms. The second-order valence-corrected chi connectivity index (χ2v) is 9.47. The lowest BCUT2D eigenvalue weighted by Crippen LogP contribution is -2.05. The van der Waals surface area contributed by atoms with Gasteiger partial charge >= 0.3 is 5.97 Å². The molecule has 0 radical (unpaired) electrons. The van der Waals surface area contributed by atoms with Crippen LogP contribution in [-0.4, -0.2) is 47.7 Å². The Hall–Kier alpha value is -1.79. The van der Waals surface area contributed by atoms with Gasteiger partial charge < -0.3 is 24.8 Å². The lowest BCUT2D eigenvalue weighted by atomic mass is 10.1. The van der Waals surface area contributed by atoms with E-state index in [1.54, 1.807) is 18.2 Å². The molecule has 0 aliphatic rings. The molecule has 35 heavy (non-hydrogen) atoms. The number of rotatable bonds is 25. The van der Waals surface area contributed by atoms with Gasteiger partial charge in [-0.05, 0) is 43.9 Å². The van der Waals surface area contributed by atoms with E-state index < -0.39 is 5.97 Å². The van der Waals surface area contributed by atoms with E-state index in [4.69, 9.17) is 19.7 Å². The van der Waals surface area contributed by atoms with Gasteiger partial charge in [-0.25, -0.2) is 4.79 Å². The van der Waals surface area contributed by atoms with Crippen molar-refractivity contribution in [2.45, 2.75) is 116 Å². The Kier molecular flexibility index (Phi) is 20.2. The van der Waals surface area contributed by atoms with E-state index in [2.05, 4.69) is 0 Å². The molecule has 0 unspecified atom stereocenters. The zero-order valence-corrected chi connectivity index (χ0v) is 21.9. The Bertz CT molecular complexity index is 634. The second kappa shape index (κ2) is 22.7. The summed E-state index contributed by atoms with van der Waals surface area (Å²) >= 11 is 0. The lowest BCUT2D eigenvalue weighted by molar-refractivity contribution is 0.0696. The molecule has 0 aliphatic carbocycles. The van der Waals surface area contributed by atoms with Crippen molar-refractivity contribution in [1.82, 2.24) is 0 Å². The van der Waals surface area contributed by atoms with Gasteiger partial charge in [0.1, 0.15) is 0 Å². The van der Waals surface area contributed by atoms with Crippen molar-refractivity contribution in [2.75, 3.05) is 26.4 Å². The van der Waals surface area contributed by atoms with E-state index in [1.807, 2.05) is 0 Å². The van der Waals surface area contributed by atoms with E-state index >= 15 is 0 Å². The van der Waals surface area contributed by atoms with Gasteiger partial charge in [0, 0.05) is 13.2 Å². The number of carbonyl (C=O) groups is 1. The highest BCUT2D eigenvalue weighted by atomic mass is 16.5. The number of aliphatic hydroxyl groups excluding tert-OH is 2. The fourth-order valence-corrected chi connectivity index (χ4v) is 4.14. The molecule has 0 saturated carbocycles.